The molecule has 1 aliphatic heterocycles. The summed E-state index contributed by atoms with van der Waals surface area (Å²) in [5, 5.41) is 0. The molecule has 0 amide bonds. The Morgan fingerprint density at radius 3 is 2.16 bits per heavy atom. The third-order valence-corrected chi connectivity index (χ3v) is 3.90. The number of ketones is 1. The van der Waals surface area contributed by atoms with Crippen molar-refractivity contribution in [2.75, 3.05) is 0 Å². The lowest BCUT2D eigenvalue weighted by atomic mass is 9.78. The lowest BCUT2D eigenvalue weighted by Gasteiger charge is -2.32. The minimum absolute atomic E-state index is 0.0622. The summed E-state index contributed by atoms with van der Waals surface area (Å²) >= 11 is 0. The molecule has 0 radical (unpaired) electrons. The van der Waals surface area contributed by atoms with E-state index in [1.807, 2.05) is 27.7 Å². The molecule has 0 N–H and O–H groups in total. The molecule has 1 fully saturated rings. The van der Waals surface area contributed by atoms with Gasteiger partial charge in [0.2, 0.25) is 0 Å². The minimum Gasteiger partial charge on any atom is -0.399 e. The van der Waals surface area contributed by atoms with Gasteiger partial charge in [-0.05, 0) is 52.2 Å². The van der Waals surface area contributed by atoms with E-state index in [1.54, 1.807) is 6.07 Å². The number of halogens is 1. The van der Waals surface area contributed by atoms with Crippen molar-refractivity contribution in [1.82, 2.24) is 0 Å². The zero-order valence-corrected chi connectivity index (χ0v) is 11.9. The molecule has 102 valence electrons. The van der Waals surface area contributed by atoms with Crippen molar-refractivity contribution < 1.29 is 18.5 Å². The van der Waals surface area contributed by atoms with Crippen LogP contribution in [0.5, 0.6) is 0 Å². The van der Waals surface area contributed by atoms with Crippen LogP contribution in [0.25, 0.3) is 0 Å². The average molecular weight is 264 g/mol. The number of benzene rings is 1. The highest BCUT2D eigenvalue weighted by molar-refractivity contribution is 6.62. The Bertz CT molecular complexity index is 509. The van der Waals surface area contributed by atoms with Crippen LogP contribution in [0.4, 0.5) is 4.39 Å². The highest BCUT2D eigenvalue weighted by atomic mass is 19.1. The Morgan fingerprint density at radius 1 is 1.16 bits per heavy atom. The summed E-state index contributed by atoms with van der Waals surface area (Å²) in [4.78, 5) is 11.4. The van der Waals surface area contributed by atoms with E-state index in [1.165, 1.54) is 19.1 Å². The fourth-order valence-electron chi connectivity index (χ4n) is 1.94. The van der Waals surface area contributed by atoms with Crippen molar-refractivity contribution in [2.45, 2.75) is 45.8 Å². The summed E-state index contributed by atoms with van der Waals surface area (Å²) in [6.45, 7) is 9.13. The predicted octanol–water partition coefficient (Wildman–Crippen LogP) is 2.33. The molecule has 1 aliphatic rings. The van der Waals surface area contributed by atoms with Crippen LogP contribution in [0.2, 0.25) is 0 Å². The first-order chi connectivity index (χ1) is 8.64. The van der Waals surface area contributed by atoms with Crippen LogP contribution in [-0.2, 0) is 9.31 Å². The van der Waals surface area contributed by atoms with Crippen LogP contribution in [0.1, 0.15) is 45.0 Å². The highest BCUT2D eigenvalue weighted by Gasteiger charge is 2.51. The summed E-state index contributed by atoms with van der Waals surface area (Å²) in [6.07, 6.45) is 0. The van der Waals surface area contributed by atoms with E-state index < -0.39 is 24.1 Å². The van der Waals surface area contributed by atoms with Crippen LogP contribution in [0.3, 0.4) is 0 Å². The van der Waals surface area contributed by atoms with E-state index in [-0.39, 0.29) is 11.3 Å². The SMILES string of the molecule is CC(=O)c1cc(B2OC(C)(C)C(C)(C)O2)ccc1F. The van der Waals surface area contributed by atoms with Crippen LogP contribution in [-0.4, -0.2) is 24.1 Å². The standard InChI is InChI=1S/C14H18BFO3/c1-9(17)11-8-10(6-7-12(11)16)15-18-13(2,3)14(4,5)19-15/h6-8H,1-5H3. The average Bonchev–Trinajstić information content (AvgIpc) is 2.48. The molecule has 1 aromatic carbocycles. The summed E-state index contributed by atoms with van der Waals surface area (Å²) in [5.41, 5.74) is -0.192. The second-order valence-electron chi connectivity index (χ2n) is 5.88. The molecular weight excluding hydrogens is 246 g/mol. The van der Waals surface area contributed by atoms with E-state index in [0.29, 0.717) is 5.46 Å². The van der Waals surface area contributed by atoms with E-state index in [2.05, 4.69) is 0 Å². The number of hydrogen-bond donors (Lipinski definition) is 0. The van der Waals surface area contributed by atoms with Gasteiger partial charge >= 0.3 is 7.12 Å². The van der Waals surface area contributed by atoms with Crippen molar-refractivity contribution in [1.29, 1.82) is 0 Å². The molecule has 0 aromatic heterocycles. The van der Waals surface area contributed by atoms with Crippen molar-refractivity contribution in [3.8, 4) is 0 Å². The number of carbonyl (C=O) groups excluding carboxylic acids is 1. The number of rotatable bonds is 2. The van der Waals surface area contributed by atoms with Gasteiger partial charge in [0.1, 0.15) is 5.82 Å². The lowest BCUT2D eigenvalue weighted by molar-refractivity contribution is 0.00578. The number of carbonyl (C=O) groups is 1. The molecule has 0 spiro atoms. The summed E-state index contributed by atoms with van der Waals surface area (Å²) in [7, 11) is -0.580. The van der Waals surface area contributed by atoms with Gasteiger partial charge in [-0.2, -0.15) is 0 Å². The summed E-state index contributed by atoms with van der Waals surface area (Å²) in [5.74, 6) is -0.830. The van der Waals surface area contributed by atoms with E-state index in [9.17, 15) is 9.18 Å². The second-order valence-corrected chi connectivity index (χ2v) is 5.88. The molecule has 1 heterocycles. The molecule has 1 saturated heterocycles. The molecular formula is C14H18BFO3. The first-order valence-electron chi connectivity index (χ1n) is 6.30. The molecule has 1 aromatic rings. The van der Waals surface area contributed by atoms with Crippen molar-refractivity contribution >= 4 is 18.4 Å². The largest absolute Gasteiger partial charge is 0.494 e. The Morgan fingerprint density at radius 2 is 1.68 bits per heavy atom. The van der Waals surface area contributed by atoms with E-state index in [4.69, 9.17) is 9.31 Å². The smallest absolute Gasteiger partial charge is 0.399 e. The van der Waals surface area contributed by atoms with Gasteiger partial charge < -0.3 is 9.31 Å². The normalized spacial score (nSPS) is 20.6. The van der Waals surface area contributed by atoms with Gasteiger partial charge in [0.15, 0.2) is 5.78 Å². The Hall–Kier alpha value is -1.20. The second kappa shape index (κ2) is 4.42. The van der Waals surface area contributed by atoms with Crippen LogP contribution in [0, 0.1) is 5.82 Å². The summed E-state index contributed by atoms with van der Waals surface area (Å²) < 4.78 is 25.2. The first-order valence-corrected chi connectivity index (χ1v) is 6.30. The van der Waals surface area contributed by atoms with E-state index >= 15 is 0 Å². The molecule has 0 atom stereocenters. The lowest BCUT2D eigenvalue weighted by Crippen LogP contribution is -2.41. The van der Waals surface area contributed by atoms with Crippen LogP contribution >= 0.6 is 0 Å². The zero-order valence-electron chi connectivity index (χ0n) is 11.9. The van der Waals surface area contributed by atoms with Gasteiger partial charge in [0.25, 0.3) is 0 Å². The van der Waals surface area contributed by atoms with Gasteiger partial charge in [0.05, 0.1) is 16.8 Å². The van der Waals surface area contributed by atoms with Crippen molar-refractivity contribution in [3.05, 3.63) is 29.6 Å². The maximum atomic E-state index is 13.5. The zero-order chi connectivity index (χ0) is 14.4. The van der Waals surface area contributed by atoms with Crippen molar-refractivity contribution in [3.63, 3.8) is 0 Å². The molecule has 19 heavy (non-hydrogen) atoms. The molecule has 0 bridgehead atoms. The Labute approximate surface area is 113 Å². The highest BCUT2D eigenvalue weighted by Crippen LogP contribution is 2.36. The molecule has 5 heteroatoms. The fraction of sp³-hybridized carbons (Fsp3) is 0.500. The quantitative estimate of drug-likeness (QED) is 0.607. The van der Waals surface area contributed by atoms with Gasteiger partial charge in [-0.3, -0.25) is 4.79 Å². The van der Waals surface area contributed by atoms with Crippen LogP contribution < -0.4 is 5.46 Å². The molecule has 3 nitrogen and oxygen atoms in total. The van der Waals surface area contributed by atoms with Crippen LogP contribution in [0.15, 0.2) is 18.2 Å². The Kier molecular flexibility index (Phi) is 3.31. The molecule has 0 saturated carbocycles. The van der Waals surface area contributed by atoms with Gasteiger partial charge in [-0.15, -0.1) is 0 Å². The maximum absolute atomic E-state index is 13.5. The number of hydrogen-bond acceptors (Lipinski definition) is 3. The summed E-state index contributed by atoms with van der Waals surface area (Å²) in [6, 6.07) is 4.36. The van der Waals surface area contributed by atoms with Crippen molar-refractivity contribution in [2.24, 2.45) is 0 Å². The Balaban J connectivity index is 2.35. The molecule has 0 unspecified atom stereocenters. The first kappa shape index (κ1) is 14.2. The van der Waals surface area contributed by atoms with Gasteiger partial charge in [0, 0.05) is 0 Å². The van der Waals surface area contributed by atoms with E-state index in [0.717, 1.165) is 0 Å². The predicted molar refractivity (Wildman–Crippen MR) is 72.1 cm³/mol. The fourth-order valence-corrected chi connectivity index (χ4v) is 1.94. The number of Topliss-reactive ketones (excluding diaryl/α,β-unsaturated/α-hetero) is 1. The topological polar surface area (TPSA) is 35.5 Å². The van der Waals surface area contributed by atoms with Gasteiger partial charge in [-0.1, -0.05) is 6.07 Å². The third-order valence-electron chi connectivity index (χ3n) is 3.90. The molecule has 0 aliphatic carbocycles. The molecule has 2 rings (SSSR count). The van der Waals surface area contributed by atoms with Gasteiger partial charge in [-0.25, -0.2) is 4.39 Å². The third kappa shape index (κ3) is 2.45. The maximum Gasteiger partial charge on any atom is 0.494 e. The minimum atomic E-state index is -0.580. The monoisotopic (exact) mass is 264 g/mol.